The van der Waals surface area contributed by atoms with Gasteiger partial charge in [0.05, 0.1) is 12.8 Å². The third-order valence-corrected chi connectivity index (χ3v) is 2.23. The number of aromatic nitrogens is 1. The minimum Gasteiger partial charge on any atom is -0.495 e. The maximum Gasteiger partial charge on any atom is 0.312 e. The Balaban J connectivity index is 3.04. The fourth-order valence-electron chi connectivity index (χ4n) is 1.50. The van der Waals surface area contributed by atoms with Crippen molar-refractivity contribution < 1.29 is 14.6 Å². The summed E-state index contributed by atoms with van der Waals surface area (Å²) in [4.78, 5) is 15.1. The summed E-state index contributed by atoms with van der Waals surface area (Å²) in [5.74, 6) is -0.890. The van der Waals surface area contributed by atoms with E-state index in [2.05, 4.69) is 4.98 Å². The zero-order valence-corrected chi connectivity index (χ0v) is 8.93. The molecule has 1 aromatic rings. The smallest absolute Gasteiger partial charge is 0.312 e. The molecule has 4 heteroatoms. The third kappa shape index (κ3) is 2.68. The SMILES string of the molecule is CCC[C@H](C(=O)O)c1ncccc1OC. The van der Waals surface area contributed by atoms with E-state index in [1.54, 1.807) is 18.3 Å². The number of hydrogen-bond donors (Lipinski definition) is 1. The molecule has 1 rings (SSSR count). The van der Waals surface area contributed by atoms with E-state index in [0.717, 1.165) is 6.42 Å². The largest absolute Gasteiger partial charge is 0.495 e. The number of pyridine rings is 1. The van der Waals surface area contributed by atoms with Crippen LogP contribution in [-0.2, 0) is 4.79 Å². The highest BCUT2D eigenvalue weighted by Crippen LogP contribution is 2.27. The van der Waals surface area contributed by atoms with Gasteiger partial charge < -0.3 is 9.84 Å². The molecule has 0 bridgehead atoms. The monoisotopic (exact) mass is 209 g/mol. The zero-order chi connectivity index (χ0) is 11.3. The highest BCUT2D eigenvalue weighted by atomic mass is 16.5. The van der Waals surface area contributed by atoms with E-state index >= 15 is 0 Å². The molecule has 15 heavy (non-hydrogen) atoms. The Morgan fingerprint density at radius 2 is 2.40 bits per heavy atom. The van der Waals surface area contributed by atoms with Crippen LogP contribution in [0.4, 0.5) is 0 Å². The lowest BCUT2D eigenvalue weighted by Gasteiger charge is -2.13. The first-order chi connectivity index (χ1) is 7.20. The molecule has 0 amide bonds. The number of hydrogen-bond acceptors (Lipinski definition) is 3. The minimum absolute atomic E-state index is 0.509. The van der Waals surface area contributed by atoms with Crippen LogP contribution in [0, 0.1) is 0 Å². The van der Waals surface area contributed by atoms with E-state index in [1.165, 1.54) is 7.11 Å². The van der Waals surface area contributed by atoms with Crippen molar-refractivity contribution >= 4 is 5.97 Å². The van der Waals surface area contributed by atoms with Crippen molar-refractivity contribution in [1.29, 1.82) is 0 Å². The van der Waals surface area contributed by atoms with Crippen molar-refractivity contribution in [2.24, 2.45) is 0 Å². The molecular weight excluding hydrogens is 194 g/mol. The summed E-state index contributed by atoms with van der Waals surface area (Å²) in [6.07, 6.45) is 2.96. The molecule has 0 saturated heterocycles. The van der Waals surface area contributed by atoms with Crippen LogP contribution in [0.15, 0.2) is 18.3 Å². The van der Waals surface area contributed by atoms with Gasteiger partial charge in [-0.2, -0.15) is 0 Å². The average molecular weight is 209 g/mol. The van der Waals surface area contributed by atoms with Crippen LogP contribution in [0.1, 0.15) is 31.4 Å². The van der Waals surface area contributed by atoms with Crippen LogP contribution in [0.5, 0.6) is 5.75 Å². The first kappa shape index (κ1) is 11.5. The Bertz CT molecular complexity index is 338. The first-order valence-corrected chi connectivity index (χ1v) is 4.92. The molecule has 0 spiro atoms. The van der Waals surface area contributed by atoms with Gasteiger partial charge in [0.2, 0.25) is 0 Å². The Labute approximate surface area is 88.9 Å². The van der Waals surface area contributed by atoms with Crippen LogP contribution in [0.25, 0.3) is 0 Å². The molecule has 0 unspecified atom stereocenters. The van der Waals surface area contributed by atoms with Gasteiger partial charge in [-0.05, 0) is 18.6 Å². The van der Waals surface area contributed by atoms with Gasteiger partial charge in [-0.25, -0.2) is 0 Å². The number of aliphatic carboxylic acids is 1. The van der Waals surface area contributed by atoms with Crippen molar-refractivity contribution in [3.05, 3.63) is 24.0 Å². The van der Waals surface area contributed by atoms with Crippen molar-refractivity contribution in [2.45, 2.75) is 25.7 Å². The van der Waals surface area contributed by atoms with Crippen molar-refractivity contribution in [3.8, 4) is 5.75 Å². The van der Waals surface area contributed by atoms with Crippen LogP contribution >= 0.6 is 0 Å². The van der Waals surface area contributed by atoms with E-state index in [-0.39, 0.29) is 0 Å². The lowest BCUT2D eigenvalue weighted by molar-refractivity contribution is -0.139. The topological polar surface area (TPSA) is 59.4 Å². The van der Waals surface area contributed by atoms with Gasteiger partial charge in [-0.3, -0.25) is 9.78 Å². The molecule has 82 valence electrons. The third-order valence-electron chi connectivity index (χ3n) is 2.23. The van der Waals surface area contributed by atoms with E-state index in [4.69, 9.17) is 9.84 Å². The molecule has 4 nitrogen and oxygen atoms in total. The highest BCUT2D eigenvalue weighted by molar-refractivity contribution is 5.76. The second kappa shape index (κ2) is 5.34. The fraction of sp³-hybridized carbons (Fsp3) is 0.455. The van der Waals surface area contributed by atoms with E-state index < -0.39 is 11.9 Å². The number of carbonyl (C=O) groups is 1. The maximum atomic E-state index is 11.1. The van der Waals surface area contributed by atoms with Crippen LogP contribution in [0.3, 0.4) is 0 Å². The summed E-state index contributed by atoms with van der Waals surface area (Å²) in [6.45, 7) is 1.95. The van der Waals surface area contributed by atoms with Gasteiger partial charge in [0.25, 0.3) is 0 Å². The zero-order valence-electron chi connectivity index (χ0n) is 8.93. The normalized spacial score (nSPS) is 12.1. The molecule has 0 aromatic carbocycles. The van der Waals surface area contributed by atoms with Crippen LogP contribution in [0.2, 0.25) is 0 Å². The summed E-state index contributed by atoms with van der Waals surface area (Å²) in [6, 6.07) is 3.46. The van der Waals surface area contributed by atoms with E-state index in [0.29, 0.717) is 17.9 Å². The second-order valence-corrected chi connectivity index (χ2v) is 3.27. The summed E-state index contributed by atoms with van der Waals surface area (Å²) in [7, 11) is 1.52. The number of methoxy groups -OCH3 is 1. The van der Waals surface area contributed by atoms with Crippen molar-refractivity contribution in [2.75, 3.05) is 7.11 Å². The van der Waals surface area contributed by atoms with Crippen molar-refractivity contribution in [1.82, 2.24) is 4.98 Å². The number of nitrogens with zero attached hydrogens (tertiary/aromatic N) is 1. The first-order valence-electron chi connectivity index (χ1n) is 4.92. The molecular formula is C11H15NO3. The molecule has 0 aliphatic heterocycles. The standard InChI is InChI=1S/C11H15NO3/c1-3-5-8(11(13)14)10-9(15-2)6-4-7-12-10/h4,6-8H,3,5H2,1-2H3,(H,13,14)/t8-/m0/s1. The number of ether oxygens (including phenoxy) is 1. The number of rotatable bonds is 5. The summed E-state index contributed by atoms with van der Waals surface area (Å²) >= 11 is 0. The Kier molecular flexibility index (Phi) is 4.09. The molecule has 0 aliphatic rings. The Morgan fingerprint density at radius 1 is 1.67 bits per heavy atom. The van der Waals surface area contributed by atoms with Crippen molar-refractivity contribution in [3.63, 3.8) is 0 Å². The van der Waals surface area contributed by atoms with Crippen LogP contribution < -0.4 is 4.74 Å². The Morgan fingerprint density at radius 3 is 2.93 bits per heavy atom. The van der Waals surface area contributed by atoms with Crippen LogP contribution in [-0.4, -0.2) is 23.2 Å². The lowest BCUT2D eigenvalue weighted by Crippen LogP contribution is -2.14. The maximum absolute atomic E-state index is 11.1. The second-order valence-electron chi connectivity index (χ2n) is 3.27. The molecule has 1 N–H and O–H groups in total. The van der Waals surface area contributed by atoms with Gasteiger partial charge in [0.1, 0.15) is 11.7 Å². The Hall–Kier alpha value is -1.58. The summed E-state index contributed by atoms with van der Waals surface area (Å²) in [5.41, 5.74) is 0.509. The summed E-state index contributed by atoms with van der Waals surface area (Å²) < 4.78 is 5.10. The number of carboxylic acid groups (broad SMARTS) is 1. The highest BCUT2D eigenvalue weighted by Gasteiger charge is 2.23. The summed E-state index contributed by atoms with van der Waals surface area (Å²) in [5, 5.41) is 9.08. The predicted octanol–water partition coefficient (Wildman–Crippen LogP) is 2.06. The molecule has 1 heterocycles. The van der Waals surface area contributed by atoms with Gasteiger partial charge in [-0.15, -0.1) is 0 Å². The van der Waals surface area contributed by atoms with E-state index in [1.807, 2.05) is 6.92 Å². The van der Waals surface area contributed by atoms with E-state index in [9.17, 15) is 4.79 Å². The number of carboxylic acids is 1. The average Bonchev–Trinajstić information content (AvgIpc) is 2.25. The molecule has 0 saturated carbocycles. The van der Waals surface area contributed by atoms with Gasteiger partial charge >= 0.3 is 5.97 Å². The van der Waals surface area contributed by atoms with Gasteiger partial charge in [-0.1, -0.05) is 13.3 Å². The quantitative estimate of drug-likeness (QED) is 0.806. The fourth-order valence-corrected chi connectivity index (χ4v) is 1.50. The molecule has 1 aromatic heterocycles. The molecule has 0 radical (unpaired) electrons. The van der Waals surface area contributed by atoms with Gasteiger partial charge in [0.15, 0.2) is 0 Å². The van der Waals surface area contributed by atoms with Gasteiger partial charge in [0, 0.05) is 6.20 Å². The lowest BCUT2D eigenvalue weighted by atomic mass is 9.99. The molecule has 1 atom stereocenters. The molecule has 0 fully saturated rings. The minimum atomic E-state index is -0.853. The molecule has 0 aliphatic carbocycles. The predicted molar refractivity (Wildman–Crippen MR) is 56.1 cm³/mol.